The van der Waals surface area contributed by atoms with E-state index >= 15 is 0 Å². The largest absolute Gasteiger partial charge is 0.391 e. The zero-order chi connectivity index (χ0) is 24.7. The van der Waals surface area contributed by atoms with Crippen LogP contribution in [-0.4, -0.2) is 42.7 Å². The zero-order valence-corrected chi connectivity index (χ0v) is 20.4. The molecule has 2 aliphatic carbocycles. The number of fused-ring (bicyclic) bond motifs is 1. The number of rotatable bonds is 6. The molecule has 0 radical (unpaired) electrons. The van der Waals surface area contributed by atoms with Crippen molar-refractivity contribution < 1.29 is 14.3 Å². The van der Waals surface area contributed by atoms with E-state index in [1.165, 1.54) is 12.1 Å². The molecule has 5 N–H and O–H groups in total. The summed E-state index contributed by atoms with van der Waals surface area (Å²) in [5.74, 6) is -0.148. The first-order valence-electron chi connectivity index (χ1n) is 11.7. The number of anilines is 3. The van der Waals surface area contributed by atoms with E-state index in [0.717, 1.165) is 19.3 Å². The number of aromatic nitrogens is 4. The Morgan fingerprint density at radius 3 is 2.46 bits per heavy atom. The minimum Gasteiger partial charge on any atom is -0.391 e. The van der Waals surface area contributed by atoms with Crippen LogP contribution in [0.5, 0.6) is 0 Å². The molecule has 0 spiro atoms. The molecule has 1 unspecified atom stereocenters. The minimum absolute atomic E-state index is 0.0177. The van der Waals surface area contributed by atoms with Crippen LogP contribution in [0.4, 0.5) is 22.0 Å². The number of halogens is 3. The fourth-order valence-electron chi connectivity index (χ4n) is 5.06. The third kappa shape index (κ3) is 4.87. The molecular weight excluding hydrogens is 496 g/mol. The number of primary amides is 1. The van der Waals surface area contributed by atoms with E-state index in [4.69, 9.17) is 33.9 Å². The number of carbonyl (C=O) groups excluding carboxylic acids is 1. The Kier molecular flexibility index (Phi) is 6.69. The van der Waals surface area contributed by atoms with Crippen molar-refractivity contribution in [1.29, 1.82) is 0 Å². The molecule has 2 heterocycles. The Bertz CT molecular complexity index is 1240. The molecule has 2 aliphatic rings. The molecule has 9 nitrogen and oxygen atoms in total. The normalized spacial score (nSPS) is 24.6. The van der Waals surface area contributed by atoms with Crippen LogP contribution in [0.25, 0.3) is 11.2 Å². The summed E-state index contributed by atoms with van der Waals surface area (Å²) in [6.45, 7) is 0. The molecule has 2 fully saturated rings. The molecule has 35 heavy (non-hydrogen) atoms. The van der Waals surface area contributed by atoms with Gasteiger partial charge in [-0.3, -0.25) is 9.36 Å². The second-order valence-corrected chi connectivity index (χ2v) is 10.0. The van der Waals surface area contributed by atoms with Crippen molar-refractivity contribution in [3.63, 3.8) is 0 Å². The zero-order valence-electron chi connectivity index (χ0n) is 18.8. The monoisotopic (exact) mass is 521 g/mol. The molecule has 0 bridgehead atoms. The number of benzene rings is 1. The van der Waals surface area contributed by atoms with Gasteiger partial charge in [0.25, 0.3) is 0 Å². The lowest BCUT2D eigenvalue weighted by Gasteiger charge is -2.29. The molecule has 0 aliphatic heterocycles. The molecule has 5 rings (SSSR count). The van der Waals surface area contributed by atoms with Gasteiger partial charge < -0.3 is 21.5 Å². The van der Waals surface area contributed by atoms with Crippen LogP contribution in [0, 0.1) is 11.7 Å². The number of nitrogens with two attached hydrogens (primary N) is 1. The molecule has 186 valence electrons. The maximum absolute atomic E-state index is 13.7. The summed E-state index contributed by atoms with van der Waals surface area (Å²) in [5, 5.41) is 16.8. The number of nitrogens with one attached hydrogen (secondary N) is 2. The van der Waals surface area contributed by atoms with Gasteiger partial charge in [0, 0.05) is 12.0 Å². The van der Waals surface area contributed by atoms with E-state index in [-0.39, 0.29) is 34.0 Å². The SMILES string of the molecule is NC(=O)C1CCC(n2c(Nc3c(Cl)cc(F)cc3Cl)nc3cnc(NC4CCC[C@H]4O)nc32)CC1. The summed E-state index contributed by atoms with van der Waals surface area (Å²) in [6, 6.07) is 2.23. The van der Waals surface area contributed by atoms with Gasteiger partial charge in [0.1, 0.15) is 11.3 Å². The smallest absolute Gasteiger partial charge is 0.225 e. The van der Waals surface area contributed by atoms with E-state index in [1.54, 1.807) is 6.20 Å². The van der Waals surface area contributed by atoms with Crippen molar-refractivity contribution in [2.75, 3.05) is 10.6 Å². The number of hydrogen-bond acceptors (Lipinski definition) is 7. The van der Waals surface area contributed by atoms with Crippen LogP contribution < -0.4 is 16.4 Å². The fourth-order valence-corrected chi connectivity index (χ4v) is 5.62. The molecule has 2 aromatic heterocycles. The van der Waals surface area contributed by atoms with Gasteiger partial charge in [-0.2, -0.15) is 4.98 Å². The summed E-state index contributed by atoms with van der Waals surface area (Å²) >= 11 is 12.5. The molecule has 12 heteroatoms. The van der Waals surface area contributed by atoms with Crippen LogP contribution in [0.1, 0.15) is 51.0 Å². The minimum atomic E-state index is -0.542. The lowest BCUT2D eigenvalue weighted by Crippen LogP contribution is -2.29. The fraction of sp³-hybridized carbons (Fsp3) is 0.478. The number of hydrogen-bond donors (Lipinski definition) is 4. The molecule has 1 aromatic carbocycles. The van der Waals surface area contributed by atoms with Crippen LogP contribution in [0.3, 0.4) is 0 Å². The van der Waals surface area contributed by atoms with Crippen molar-refractivity contribution in [3.05, 3.63) is 34.2 Å². The predicted molar refractivity (Wildman–Crippen MR) is 132 cm³/mol. The Morgan fingerprint density at radius 2 is 1.83 bits per heavy atom. The maximum atomic E-state index is 13.7. The highest BCUT2D eigenvalue weighted by Gasteiger charge is 2.30. The molecule has 2 atom stereocenters. The number of imidazole rings is 1. The van der Waals surface area contributed by atoms with Crippen LogP contribution >= 0.6 is 23.2 Å². The van der Waals surface area contributed by atoms with Gasteiger partial charge in [0.2, 0.25) is 17.8 Å². The van der Waals surface area contributed by atoms with E-state index in [2.05, 4.69) is 20.6 Å². The molecule has 0 saturated heterocycles. The van der Waals surface area contributed by atoms with Crippen molar-refractivity contribution in [2.24, 2.45) is 11.7 Å². The molecule has 2 saturated carbocycles. The highest BCUT2D eigenvalue weighted by molar-refractivity contribution is 6.39. The van der Waals surface area contributed by atoms with Gasteiger partial charge in [-0.15, -0.1) is 0 Å². The summed E-state index contributed by atoms with van der Waals surface area (Å²) in [5.41, 5.74) is 7.00. The standard InChI is InChI=1S/C23H26Cl2FN7O2/c24-14-8-12(26)9-15(25)19(14)31-23-30-17-10-28-22(29-16-2-1-3-18(16)34)32-21(17)33(23)13-6-4-11(5-7-13)20(27)35/h8-11,13,16,18,34H,1-7H2,(H2,27,35)(H,30,31)(H,28,29,32)/t11?,13?,16?,18-/m1/s1. The Balaban J connectivity index is 1.54. The number of carbonyl (C=O) groups is 1. The van der Waals surface area contributed by atoms with Gasteiger partial charge in [-0.25, -0.2) is 14.4 Å². The topological polar surface area (TPSA) is 131 Å². The van der Waals surface area contributed by atoms with Crippen molar-refractivity contribution in [1.82, 2.24) is 19.5 Å². The lowest BCUT2D eigenvalue weighted by molar-refractivity contribution is -0.122. The maximum Gasteiger partial charge on any atom is 0.225 e. The van der Waals surface area contributed by atoms with E-state index < -0.39 is 11.9 Å². The summed E-state index contributed by atoms with van der Waals surface area (Å²) in [6.07, 6.45) is 6.42. The average Bonchev–Trinajstić information content (AvgIpc) is 3.38. The molecular formula is C23H26Cl2FN7O2. The number of amides is 1. The van der Waals surface area contributed by atoms with Crippen LogP contribution in [0.15, 0.2) is 18.3 Å². The Labute approximate surface area is 211 Å². The first kappa shape index (κ1) is 24.0. The second kappa shape index (κ2) is 9.75. The van der Waals surface area contributed by atoms with Gasteiger partial charge in [0.15, 0.2) is 5.65 Å². The highest BCUT2D eigenvalue weighted by Crippen LogP contribution is 2.39. The first-order valence-corrected chi connectivity index (χ1v) is 12.5. The van der Waals surface area contributed by atoms with E-state index in [9.17, 15) is 14.3 Å². The molecule has 3 aromatic rings. The summed E-state index contributed by atoms with van der Waals surface area (Å²) < 4.78 is 15.7. The van der Waals surface area contributed by atoms with Crippen LogP contribution in [0.2, 0.25) is 10.0 Å². The van der Waals surface area contributed by atoms with Crippen LogP contribution in [-0.2, 0) is 4.79 Å². The predicted octanol–water partition coefficient (Wildman–Crippen LogP) is 4.56. The van der Waals surface area contributed by atoms with Crippen molar-refractivity contribution in [2.45, 2.75) is 63.1 Å². The molecule has 1 amide bonds. The summed E-state index contributed by atoms with van der Waals surface area (Å²) in [4.78, 5) is 25.5. The number of nitrogens with zero attached hydrogens (tertiary/aromatic N) is 4. The highest BCUT2D eigenvalue weighted by atomic mass is 35.5. The third-order valence-corrected chi connectivity index (χ3v) is 7.53. The number of aliphatic hydroxyl groups is 1. The van der Waals surface area contributed by atoms with E-state index in [1.807, 2.05) is 4.57 Å². The quantitative estimate of drug-likeness (QED) is 0.373. The van der Waals surface area contributed by atoms with Gasteiger partial charge in [-0.1, -0.05) is 23.2 Å². The lowest BCUT2D eigenvalue weighted by atomic mass is 9.85. The van der Waals surface area contributed by atoms with E-state index in [0.29, 0.717) is 54.4 Å². The second-order valence-electron chi connectivity index (χ2n) is 9.23. The Hall–Kier alpha value is -2.69. The third-order valence-electron chi connectivity index (χ3n) is 6.93. The average molecular weight is 522 g/mol. The van der Waals surface area contributed by atoms with Gasteiger partial charge in [-0.05, 0) is 57.1 Å². The first-order chi connectivity index (χ1) is 16.8. The number of aliphatic hydroxyl groups excluding tert-OH is 1. The summed E-state index contributed by atoms with van der Waals surface area (Å²) in [7, 11) is 0. The Morgan fingerprint density at radius 1 is 1.11 bits per heavy atom. The van der Waals surface area contributed by atoms with Gasteiger partial charge in [0.05, 0.1) is 34.1 Å². The van der Waals surface area contributed by atoms with Crippen molar-refractivity contribution in [3.8, 4) is 0 Å². The van der Waals surface area contributed by atoms with Crippen molar-refractivity contribution >= 4 is 57.9 Å². The van der Waals surface area contributed by atoms with Gasteiger partial charge >= 0.3 is 0 Å².